The molecule has 178 valence electrons. The van der Waals surface area contributed by atoms with E-state index < -0.39 is 11.9 Å². The van der Waals surface area contributed by atoms with Crippen LogP contribution >= 0.6 is 0 Å². The van der Waals surface area contributed by atoms with Crippen LogP contribution in [0, 0.1) is 6.92 Å². The third-order valence-electron chi connectivity index (χ3n) is 5.39. The normalized spacial score (nSPS) is 10.7. The van der Waals surface area contributed by atoms with Crippen LogP contribution in [0.3, 0.4) is 0 Å². The highest BCUT2D eigenvalue weighted by atomic mass is 16.6. The van der Waals surface area contributed by atoms with E-state index in [0.717, 1.165) is 22.6 Å². The molecule has 0 unspecified atom stereocenters. The number of aryl methyl sites for hydroxylation is 2. The lowest BCUT2D eigenvalue weighted by atomic mass is 10.1. The first kappa shape index (κ1) is 23.8. The van der Waals surface area contributed by atoms with Gasteiger partial charge in [-0.1, -0.05) is 42.5 Å². The molecule has 0 saturated carbocycles. The molecule has 0 aliphatic rings. The number of rotatable bonds is 9. The molecule has 7 heteroatoms. The van der Waals surface area contributed by atoms with Crippen LogP contribution in [0.15, 0.2) is 83.3 Å². The molecule has 0 spiro atoms. The highest BCUT2D eigenvalue weighted by molar-refractivity contribution is 5.98. The van der Waals surface area contributed by atoms with Crippen LogP contribution in [0.25, 0.3) is 11.5 Å². The third-order valence-corrected chi connectivity index (χ3v) is 5.39. The van der Waals surface area contributed by atoms with Gasteiger partial charge in [0, 0.05) is 12.0 Å². The van der Waals surface area contributed by atoms with E-state index in [0.29, 0.717) is 31.1 Å². The maximum absolute atomic E-state index is 12.0. The summed E-state index contributed by atoms with van der Waals surface area (Å²) in [4.78, 5) is 28.6. The highest BCUT2D eigenvalue weighted by Crippen LogP contribution is 2.22. The monoisotopic (exact) mass is 471 g/mol. The van der Waals surface area contributed by atoms with Crippen molar-refractivity contribution < 1.29 is 28.6 Å². The smallest absolute Gasteiger partial charge is 0.349 e. The Balaban J connectivity index is 1.22. The number of phenolic OH excluding ortho intramolecular Hbond substituents is 1. The molecular weight excluding hydrogens is 446 g/mol. The van der Waals surface area contributed by atoms with Gasteiger partial charge in [-0.2, -0.15) is 0 Å². The summed E-state index contributed by atoms with van der Waals surface area (Å²) in [6.45, 7) is 2.34. The van der Waals surface area contributed by atoms with Gasteiger partial charge in [0.2, 0.25) is 5.89 Å². The van der Waals surface area contributed by atoms with Crippen LogP contribution in [0.2, 0.25) is 0 Å². The molecule has 0 saturated heterocycles. The second kappa shape index (κ2) is 11.2. The van der Waals surface area contributed by atoms with E-state index >= 15 is 0 Å². The van der Waals surface area contributed by atoms with Crippen LogP contribution in [-0.2, 0) is 22.4 Å². The number of esters is 2. The molecule has 4 rings (SSSR count). The number of hydrogen-bond acceptors (Lipinski definition) is 7. The lowest BCUT2D eigenvalue weighted by molar-refractivity contribution is -0.137. The Labute approximate surface area is 203 Å². The molecule has 0 aliphatic carbocycles. The minimum Gasteiger partial charge on any atom is -0.507 e. The Hall–Kier alpha value is -4.39. The number of aromatic hydroxyl groups is 1. The van der Waals surface area contributed by atoms with Crippen molar-refractivity contribution in [2.45, 2.75) is 26.2 Å². The molecule has 0 atom stereocenters. The predicted octanol–water partition coefficient (Wildman–Crippen LogP) is 5.29. The van der Waals surface area contributed by atoms with Gasteiger partial charge in [0.1, 0.15) is 22.8 Å². The number of aromatic nitrogens is 1. The number of para-hydroxylation sites is 1. The maximum atomic E-state index is 12.0. The van der Waals surface area contributed by atoms with Crippen LogP contribution < -0.4 is 4.74 Å². The van der Waals surface area contributed by atoms with Crippen molar-refractivity contribution in [1.82, 2.24) is 4.98 Å². The van der Waals surface area contributed by atoms with Gasteiger partial charge in [-0.15, -0.1) is 0 Å². The first-order valence-electron chi connectivity index (χ1n) is 11.3. The number of carbonyl (C=O) groups excluding carboxylic acids is 2. The van der Waals surface area contributed by atoms with Crippen molar-refractivity contribution in [2.75, 3.05) is 6.61 Å². The van der Waals surface area contributed by atoms with Crippen LogP contribution in [0.4, 0.5) is 0 Å². The molecule has 0 aliphatic heterocycles. The summed E-state index contributed by atoms with van der Waals surface area (Å²) in [5.74, 6) is 0.331. The summed E-state index contributed by atoms with van der Waals surface area (Å²) in [5.41, 5.74) is 2.66. The number of oxazole rings is 1. The summed E-state index contributed by atoms with van der Waals surface area (Å²) in [6, 6.07) is 23.1. The van der Waals surface area contributed by atoms with Gasteiger partial charge in [-0.3, -0.25) is 4.79 Å². The minimum atomic E-state index is -0.866. The lowest BCUT2D eigenvalue weighted by Crippen LogP contribution is -2.13. The van der Waals surface area contributed by atoms with Crippen molar-refractivity contribution in [1.29, 1.82) is 0 Å². The number of carbonyl (C=O) groups is 2. The fraction of sp³-hybridized carbons (Fsp3) is 0.179. The molecule has 3 aromatic carbocycles. The first-order valence-corrected chi connectivity index (χ1v) is 11.3. The highest BCUT2D eigenvalue weighted by Gasteiger charge is 2.16. The summed E-state index contributed by atoms with van der Waals surface area (Å²) in [6.07, 6.45) is 1.06. The molecule has 7 nitrogen and oxygen atoms in total. The van der Waals surface area contributed by atoms with Gasteiger partial charge in [0.25, 0.3) is 0 Å². The maximum Gasteiger partial charge on any atom is 0.349 e. The molecule has 0 amide bonds. The molecule has 4 aromatic rings. The molecule has 35 heavy (non-hydrogen) atoms. The zero-order valence-electron chi connectivity index (χ0n) is 19.3. The van der Waals surface area contributed by atoms with E-state index in [1.54, 1.807) is 12.1 Å². The Bertz CT molecular complexity index is 1290. The summed E-state index contributed by atoms with van der Waals surface area (Å²) in [7, 11) is 0. The fourth-order valence-electron chi connectivity index (χ4n) is 3.48. The Kier molecular flexibility index (Phi) is 7.57. The van der Waals surface area contributed by atoms with E-state index in [9.17, 15) is 14.7 Å². The molecule has 0 fully saturated rings. The van der Waals surface area contributed by atoms with Gasteiger partial charge < -0.3 is 19.0 Å². The zero-order chi connectivity index (χ0) is 24.6. The summed E-state index contributed by atoms with van der Waals surface area (Å²) in [5, 5.41) is 9.68. The van der Waals surface area contributed by atoms with Gasteiger partial charge in [-0.25, -0.2) is 9.78 Å². The molecule has 1 aromatic heterocycles. The number of hydrogen-bond donors (Lipinski definition) is 1. The average molecular weight is 472 g/mol. The van der Waals surface area contributed by atoms with E-state index in [4.69, 9.17) is 13.9 Å². The SMILES string of the molecule is Cc1oc(-c2ccccc2)nc1CCOc1ccc(CCC(=O)OC(=O)c2ccccc2O)cc1. The molecule has 0 radical (unpaired) electrons. The molecular formula is C28H25NO6. The van der Waals surface area contributed by atoms with Gasteiger partial charge >= 0.3 is 11.9 Å². The van der Waals surface area contributed by atoms with Crippen molar-refractivity contribution in [3.63, 3.8) is 0 Å². The standard InChI is InChI=1S/C28H25NO6/c1-19-24(29-27(34-19)21-7-3-2-4-8-21)17-18-33-22-14-11-20(12-15-22)13-16-26(31)35-28(32)23-9-5-6-10-25(23)30/h2-12,14-15,30H,13,16-18H2,1H3. The van der Waals surface area contributed by atoms with Crippen molar-refractivity contribution in [3.05, 3.63) is 101 Å². The van der Waals surface area contributed by atoms with E-state index in [-0.39, 0.29) is 17.7 Å². The first-order chi connectivity index (χ1) is 17.0. The summed E-state index contributed by atoms with van der Waals surface area (Å²) < 4.78 is 16.4. The summed E-state index contributed by atoms with van der Waals surface area (Å²) >= 11 is 0. The predicted molar refractivity (Wildman–Crippen MR) is 129 cm³/mol. The van der Waals surface area contributed by atoms with Crippen molar-refractivity contribution >= 4 is 11.9 Å². The zero-order valence-corrected chi connectivity index (χ0v) is 19.3. The largest absolute Gasteiger partial charge is 0.507 e. The lowest BCUT2D eigenvalue weighted by Gasteiger charge is -2.07. The van der Waals surface area contributed by atoms with Crippen LogP contribution in [0.5, 0.6) is 11.5 Å². The van der Waals surface area contributed by atoms with Crippen LogP contribution in [-0.4, -0.2) is 28.6 Å². The second-order valence-electron chi connectivity index (χ2n) is 7.91. The number of ether oxygens (including phenoxy) is 2. The minimum absolute atomic E-state index is 0.0364. The van der Waals surface area contributed by atoms with Crippen molar-refractivity contribution in [2.24, 2.45) is 0 Å². The molecule has 0 bridgehead atoms. The average Bonchev–Trinajstić information content (AvgIpc) is 3.24. The number of phenols is 1. The molecule has 1 N–H and O–H groups in total. The second-order valence-corrected chi connectivity index (χ2v) is 7.91. The Morgan fingerprint density at radius 3 is 2.37 bits per heavy atom. The Morgan fingerprint density at radius 2 is 1.63 bits per heavy atom. The van der Waals surface area contributed by atoms with Gasteiger partial charge in [0.05, 0.1) is 18.7 Å². The fourth-order valence-corrected chi connectivity index (χ4v) is 3.48. The van der Waals surface area contributed by atoms with Crippen LogP contribution in [0.1, 0.15) is 33.8 Å². The Morgan fingerprint density at radius 1 is 0.914 bits per heavy atom. The van der Waals surface area contributed by atoms with Gasteiger partial charge in [0.15, 0.2) is 0 Å². The number of benzene rings is 3. The molecule has 1 heterocycles. The topological polar surface area (TPSA) is 98.9 Å². The third kappa shape index (κ3) is 6.35. The van der Waals surface area contributed by atoms with Crippen molar-refractivity contribution in [3.8, 4) is 23.0 Å². The van der Waals surface area contributed by atoms with E-state index in [1.165, 1.54) is 12.1 Å². The van der Waals surface area contributed by atoms with E-state index in [1.807, 2.05) is 61.5 Å². The number of nitrogens with zero attached hydrogens (tertiary/aromatic N) is 1. The quantitative estimate of drug-likeness (QED) is 0.261. The van der Waals surface area contributed by atoms with E-state index in [2.05, 4.69) is 4.98 Å². The van der Waals surface area contributed by atoms with Gasteiger partial charge in [-0.05, 0) is 55.3 Å².